The molecule has 2 aromatic carbocycles. The Hall–Kier alpha value is -3.50. The molecule has 9 rings (SSSR count). The zero-order valence-electron chi connectivity index (χ0n) is 27.8. The number of fused-ring (bicyclic) bond motifs is 6. The van der Waals surface area contributed by atoms with Crippen LogP contribution in [0.2, 0.25) is 0 Å². The van der Waals surface area contributed by atoms with E-state index in [0.29, 0.717) is 22.5 Å². The Labute approximate surface area is 291 Å². The van der Waals surface area contributed by atoms with Gasteiger partial charge in [0.1, 0.15) is 30.6 Å². The fraction of sp³-hybridized carbons (Fsp3) is 0.529. The lowest BCUT2D eigenvalue weighted by molar-refractivity contribution is -0.263. The third kappa shape index (κ3) is 2.76. The van der Waals surface area contributed by atoms with E-state index in [-0.39, 0.29) is 17.7 Å². The fourth-order valence-electron chi connectivity index (χ4n) is 11.0. The van der Waals surface area contributed by atoms with Gasteiger partial charge in [0, 0.05) is 25.5 Å². The van der Waals surface area contributed by atoms with E-state index in [1.807, 2.05) is 68.6 Å². The monoisotopic (exact) mass is 706 g/mol. The van der Waals surface area contributed by atoms with Gasteiger partial charge in [-0.25, -0.2) is 0 Å². The SMILES string of the molecule is CS[C@@]1(C(C)C)C(=O)N2[C@H]3Nc4ccccc4[C@@]34[C@H](O[C@@]35C(=O)N(C)[C@H](CO)C(=O)N3[C@@H]3Nc6ccccc6[C@]34[C@@H]5O)[C@]2(SC)C(=O)N1C. The van der Waals surface area contributed by atoms with Crippen LogP contribution in [0.15, 0.2) is 48.5 Å². The Balaban J connectivity index is 1.45. The zero-order valence-corrected chi connectivity index (χ0v) is 29.5. The van der Waals surface area contributed by atoms with Gasteiger partial charge in [0.2, 0.25) is 0 Å². The largest absolute Gasteiger partial charge is 0.394 e. The van der Waals surface area contributed by atoms with Crippen molar-refractivity contribution in [3.05, 3.63) is 59.7 Å². The second-order valence-corrected chi connectivity index (χ2v) is 16.4. The minimum Gasteiger partial charge on any atom is -0.394 e. The molecule has 3 spiro atoms. The molecule has 7 aliphatic heterocycles. The number of benzene rings is 2. The van der Waals surface area contributed by atoms with Gasteiger partial charge < -0.3 is 35.4 Å². The number of carbonyl (C=O) groups excluding carboxylic acids is 4. The Bertz CT molecular complexity index is 1900. The smallest absolute Gasteiger partial charge is 0.279 e. The number of nitrogens with zero attached hydrogens (tertiary/aromatic N) is 4. The molecule has 4 N–H and O–H groups in total. The van der Waals surface area contributed by atoms with Crippen LogP contribution in [0.25, 0.3) is 0 Å². The number of amides is 4. The van der Waals surface area contributed by atoms with Gasteiger partial charge in [-0.05, 0) is 41.7 Å². The molecule has 258 valence electrons. The first-order chi connectivity index (χ1) is 23.4. The molecule has 0 radical (unpaired) electrons. The van der Waals surface area contributed by atoms with Gasteiger partial charge in [0.05, 0.1) is 17.4 Å². The number of nitrogens with one attached hydrogen (secondary N) is 2. The summed E-state index contributed by atoms with van der Waals surface area (Å²) in [6, 6.07) is 13.8. The first-order valence-corrected chi connectivity index (χ1v) is 18.8. The second-order valence-electron chi connectivity index (χ2n) is 14.3. The molecule has 5 saturated heterocycles. The van der Waals surface area contributed by atoms with E-state index in [0.717, 1.165) is 4.90 Å². The molecule has 2 bridgehead atoms. The number of ether oxygens (including phenoxy) is 1. The summed E-state index contributed by atoms with van der Waals surface area (Å²) in [7, 11) is 3.06. The number of likely N-dealkylation sites (N-methyl/N-ethyl adjacent to an activating group) is 2. The maximum atomic E-state index is 15.5. The first-order valence-electron chi connectivity index (χ1n) is 16.4. The van der Waals surface area contributed by atoms with Crippen molar-refractivity contribution in [2.75, 3.05) is 43.8 Å². The summed E-state index contributed by atoms with van der Waals surface area (Å²) >= 11 is 2.48. The normalized spacial score (nSPS) is 42.3. The predicted octanol–water partition coefficient (Wildman–Crippen LogP) is 0.586. The van der Waals surface area contributed by atoms with Crippen molar-refractivity contribution in [1.82, 2.24) is 19.6 Å². The number of carbonyl (C=O) groups is 4. The van der Waals surface area contributed by atoms with Crippen molar-refractivity contribution in [2.45, 2.75) is 70.7 Å². The molecule has 4 amide bonds. The van der Waals surface area contributed by atoms with Gasteiger partial charge in [-0.1, -0.05) is 50.2 Å². The molecular weight excluding hydrogens is 669 g/mol. The van der Waals surface area contributed by atoms with Crippen molar-refractivity contribution >= 4 is 58.5 Å². The molecular formula is C34H38N6O7S2. The molecule has 7 aliphatic rings. The molecule has 10 atom stereocenters. The summed E-state index contributed by atoms with van der Waals surface area (Å²) in [5.41, 5.74) is -2.55. The van der Waals surface area contributed by atoms with Crippen LogP contribution in [0.3, 0.4) is 0 Å². The van der Waals surface area contributed by atoms with E-state index in [9.17, 15) is 19.8 Å². The Morgan fingerprint density at radius 1 is 0.837 bits per heavy atom. The Morgan fingerprint density at radius 3 is 1.96 bits per heavy atom. The van der Waals surface area contributed by atoms with E-state index in [1.165, 1.54) is 40.4 Å². The third-order valence-electron chi connectivity index (χ3n) is 12.8. The van der Waals surface area contributed by atoms with Gasteiger partial charge in [-0.15, -0.1) is 23.5 Å². The molecule has 5 fully saturated rings. The van der Waals surface area contributed by atoms with Gasteiger partial charge in [-0.2, -0.15) is 0 Å². The van der Waals surface area contributed by atoms with E-state index in [1.54, 1.807) is 18.2 Å². The minimum absolute atomic E-state index is 0.287. The number of hydrogen-bond acceptors (Lipinski definition) is 11. The Kier molecular flexibility index (Phi) is 6.06. The van der Waals surface area contributed by atoms with Crippen LogP contribution in [-0.4, -0.2) is 133 Å². The van der Waals surface area contributed by atoms with E-state index < -0.39 is 75.3 Å². The van der Waals surface area contributed by atoms with Gasteiger partial charge in [0.15, 0.2) is 9.74 Å². The van der Waals surface area contributed by atoms with E-state index in [4.69, 9.17) is 4.74 Å². The maximum absolute atomic E-state index is 15.5. The molecule has 7 heterocycles. The number of aliphatic hydroxyl groups excluding tert-OH is 2. The van der Waals surface area contributed by atoms with Crippen molar-refractivity contribution in [3.63, 3.8) is 0 Å². The summed E-state index contributed by atoms with van der Waals surface area (Å²) in [5, 5.41) is 30.7. The van der Waals surface area contributed by atoms with E-state index in [2.05, 4.69) is 10.6 Å². The van der Waals surface area contributed by atoms with Gasteiger partial charge in [0.25, 0.3) is 29.4 Å². The van der Waals surface area contributed by atoms with Gasteiger partial charge in [-0.3, -0.25) is 29.0 Å². The highest BCUT2D eigenvalue weighted by molar-refractivity contribution is 8.01. The predicted molar refractivity (Wildman–Crippen MR) is 182 cm³/mol. The lowest BCUT2D eigenvalue weighted by Crippen LogP contribution is -2.81. The summed E-state index contributed by atoms with van der Waals surface area (Å²) < 4.78 is 7.19. The number of para-hydroxylation sites is 2. The lowest BCUT2D eigenvalue weighted by atomic mass is 9.50. The summed E-state index contributed by atoms with van der Waals surface area (Å²) in [6.45, 7) is 3.21. The lowest BCUT2D eigenvalue weighted by Gasteiger charge is -2.59. The first kappa shape index (κ1) is 31.5. The van der Waals surface area contributed by atoms with Crippen LogP contribution in [0.1, 0.15) is 25.0 Å². The number of rotatable bonds is 4. The fourth-order valence-corrected chi connectivity index (χ4v) is 13.3. The van der Waals surface area contributed by atoms with Crippen LogP contribution in [0, 0.1) is 5.92 Å². The maximum Gasteiger partial charge on any atom is 0.279 e. The van der Waals surface area contributed by atoms with Crippen molar-refractivity contribution in [2.24, 2.45) is 5.92 Å². The van der Waals surface area contributed by atoms with Crippen LogP contribution in [0.4, 0.5) is 11.4 Å². The zero-order chi connectivity index (χ0) is 34.8. The minimum atomic E-state index is -2.28. The topological polar surface area (TPSA) is 155 Å². The van der Waals surface area contributed by atoms with E-state index >= 15 is 9.59 Å². The van der Waals surface area contributed by atoms with Crippen molar-refractivity contribution in [3.8, 4) is 0 Å². The summed E-state index contributed by atoms with van der Waals surface area (Å²) in [5.74, 6) is -2.25. The molecule has 0 unspecified atom stereocenters. The van der Waals surface area contributed by atoms with Crippen molar-refractivity contribution < 1.29 is 34.1 Å². The number of hydrogen-bond donors (Lipinski definition) is 4. The molecule has 49 heavy (non-hydrogen) atoms. The molecule has 0 saturated carbocycles. The molecule has 15 heteroatoms. The molecule has 0 aromatic heterocycles. The Morgan fingerprint density at radius 2 is 1.41 bits per heavy atom. The standard InChI is InChI=1S/C34H38N6O7S2/c1-16(2)33(48-5)29(46)40-26-31(18-12-8-10-14-20(18)36-26)24(34(40,49-6)28(45)38(33)4)47-32-23(43)30(31)17-11-7-9-13-19(17)35-25(30)39(32)22(42)21(15-41)37(3)27(32)44/h7-14,16,21,23-26,35-36,41,43H,15H2,1-6H3/t21-,23+,24+,25+,26-,30+,31-,32+,33+,34+/m1/s1. The van der Waals surface area contributed by atoms with Crippen LogP contribution in [0.5, 0.6) is 0 Å². The van der Waals surface area contributed by atoms with Crippen molar-refractivity contribution in [1.29, 1.82) is 0 Å². The van der Waals surface area contributed by atoms with Crippen LogP contribution >= 0.6 is 23.5 Å². The number of aliphatic hydroxyl groups is 2. The molecule has 0 aliphatic carbocycles. The highest BCUT2D eigenvalue weighted by Gasteiger charge is 2.95. The second kappa shape index (κ2) is 9.43. The van der Waals surface area contributed by atoms with Crippen LogP contribution in [-0.2, 0) is 34.7 Å². The number of thioether (sulfide) groups is 2. The van der Waals surface area contributed by atoms with Crippen LogP contribution < -0.4 is 10.6 Å². The third-order valence-corrected chi connectivity index (χ3v) is 15.6. The number of piperazine rings is 2. The average molecular weight is 707 g/mol. The highest BCUT2D eigenvalue weighted by Crippen LogP contribution is 2.77. The molecule has 2 aromatic rings. The summed E-state index contributed by atoms with van der Waals surface area (Å²) in [4.78, 5) is 62.9. The quantitative estimate of drug-likeness (QED) is 0.353. The summed E-state index contributed by atoms with van der Waals surface area (Å²) in [6.07, 6.45) is -1.32. The highest BCUT2D eigenvalue weighted by atomic mass is 32.2. The van der Waals surface area contributed by atoms with Gasteiger partial charge >= 0.3 is 0 Å². The average Bonchev–Trinajstić information content (AvgIpc) is 3.72. The number of anilines is 2. The molecule has 13 nitrogen and oxygen atoms in total.